The molecule has 3 heteroatoms. The van der Waals surface area contributed by atoms with Crippen LogP contribution in [0, 0.1) is 5.92 Å². The van der Waals surface area contributed by atoms with Crippen molar-refractivity contribution in [2.45, 2.75) is 26.2 Å². The highest BCUT2D eigenvalue weighted by Gasteiger charge is 2.28. The number of nitrogens with one attached hydrogen (secondary N) is 1. The van der Waals surface area contributed by atoms with Crippen molar-refractivity contribution < 1.29 is 9.53 Å². The van der Waals surface area contributed by atoms with Gasteiger partial charge in [-0.15, -0.1) is 0 Å². The number of hydrogen-bond acceptors (Lipinski definition) is 2. The zero-order valence-corrected chi connectivity index (χ0v) is 10.2. The molecule has 0 unspecified atom stereocenters. The fourth-order valence-corrected chi connectivity index (χ4v) is 1.74. The summed E-state index contributed by atoms with van der Waals surface area (Å²) >= 11 is 0. The number of ether oxygens (including phenoxy) is 1. The molecule has 1 amide bonds. The number of carbonyl (C=O) groups is 1. The summed E-state index contributed by atoms with van der Waals surface area (Å²) in [6, 6.07) is 8.05. The molecular formula is C14H19NO2. The number of rotatable bonds is 6. The zero-order valence-electron chi connectivity index (χ0n) is 10.2. The summed E-state index contributed by atoms with van der Waals surface area (Å²) in [5.74, 6) is 1.42. The average Bonchev–Trinajstić information content (AvgIpc) is 3.15. The highest BCUT2D eigenvalue weighted by atomic mass is 16.5. The molecule has 0 saturated heterocycles. The number of benzene rings is 1. The summed E-state index contributed by atoms with van der Waals surface area (Å²) in [6.45, 7) is 3.39. The van der Waals surface area contributed by atoms with Crippen molar-refractivity contribution in [3.05, 3.63) is 29.8 Å². The summed E-state index contributed by atoms with van der Waals surface area (Å²) in [5, 5.41) is 2.96. The molecule has 1 fully saturated rings. The molecule has 3 nitrogen and oxygen atoms in total. The largest absolute Gasteiger partial charge is 0.494 e. The minimum absolute atomic E-state index is 0.218. The third kappa shape index (κ3) is 3.77. The lowest BCUT2D eigenvalue weighted by molar-refractivity contribution is -0.122. The third-order valence-electron chi connectivity index (χ3n) is 2.90. The van der Waals surface area contributed by atoms with E-state index in [1.165, 1.54) is 5.56 Å². The molecular weight excluding hydrogens is 214 g/mol. The molecule has 1 N–H and O–H groups in total. The van der Waals surface area contributed by atoms with Gasteiger partial charge in [0, 0.05) is 12.5 Å². The Morgan fingerprint density at radius 1 is 1.35 bits per heavy atom. The Bertz CT molecular complexity index is 368. The summed E-state index contributed by atoms with van der Waals surface area (Å²) in [6.07, 6.45) is 3.01. The Morgan fingerprint density at radius 2 is 2.06 bits per heavy atom. The van der Waals surface area contributed by atoms with Gasteiger partial charge in [0.2, 0.25) is 5.91 Å². The standard InChI is InChI=1S/C14H19NO2/c1-2-17-13-7-3-11(4-8-13)9-10-15-14(16)12-5-6-12/h3-4,7-8,12H,2,5-6,9-10H2,1H3,(H,15,16). The first-order chi connectivity index (χ1) is 8.29. The first-order valence-corrected chi connectivity index (χ1v) is 6.29. The molecule has 0 spiro atoms. The monoisotopic (exact) mass is 233 g/mol. The Hall–Kier alpha value is -1.51. The predicted octanol–water partition coefficient (Wildman–Crippen LogP) is 2.15. The minimum atomic E-state index is 0.218. The van der Waals surface area contributed by atoms with Crippen LogP contribution in [0.25, 0.3) is 0 Å². The van der Waals surface area contributed by atoms with Crippen molar-refractivity contribution in [3.8, 4) is 5.75 Å². The molecule has 0 radical (unpaired) electrons. The van der Waals surface area contributed by atoms with Crippen molar-refractivity contribution in [1.29, 1.82) is 0 Å². The Labute approximate surface area is 102 Å². The molecule has 1 aromatic carbocycles. The maximum atomic E-state index is 11.4. The second-order valence-electron chi connectivity index (χ2n) is 4.39. The molecule has 0 aromatic heterocycles. The van der Waals surface area contributed by atoms with Gasteiger partial charge in [-0.05, 0) is 43.9 Å². The molecule has 0 heterocycles. The van der Waals surface area contributed by atoms with Crippen molar-refractivity contribution >= 4 is 5.91 Å². The minimum Gasteiger partial charge on any atom is -0.494 e. The zero-order chi connectivity index (χ0) is 12.1. The van der Waals surface area contributed by atoms with Gasteiger partial charge in [-0.25, -0.2) is 0 Å². The van der Waals surface area contributed by atoms with Crippen molar-refractivity contribution in [2.24, 2.45) is 5.92 Å². The molecule has 1 saturated carbocycles. The van der Waals surface area contributed by atoms with Gasteiger partial charge in [-0.3, -0.25) is 4.79 Å². The summed E-state index contributed by atoms with van der Waals surface area (Å²) in [5.41, 5.74) is 1.23. The van der Waals surface area contributed by atoms with E-state index in [0.29, 0.717) is 12.5 Å². The van der Waals surface area contributed by atoms with Crippen LogP contribution in [0.1, 0.15) is 25.3 Å². The van der Waals surface area contributed by atoms with E-state index in [1.54, 1.807) is 0 Å². The maximum Gasteiger partial charge on any atom is 0.223 e. The van der Waals surface area contributed by atoms with Gasteiger partial charge >= 0.3 is 0 Å². The van der Waals surface area contributed by atoms with Crippen LogP contribution in [0.5, 0.6) is 5.75 Å². The van der Waals surface area contributed by atoms with Gasteiger partial charge < -0.3 is 10.1 Å². The number of hydrogen-bond donors (Lipinski definition) is 1. The lowest BCUT2D eigenvalue weighted by Crippen LogP contribution is -2.26. The van der Waals surface area contributed by atoms with Crippen molar-refractivity contribution in [1.82, 2.24) is 5.32 Å². The van der Waals surface area contributed by atoms with Gasteiger partial charge in [0.25, 0.3) is 0 Å². The van der Waals surface area contributed by atoms with Crippen LogP contribution in [0.4, 0.5) is 0 Å². The molecule has 0 atom stereocenters. The second kappa shape index (κ2) is 5.71. The molecule has 17 heavy (non-hydrogen) atoms. The van der Waals surface area contributed by atoms with Crippen LogP contribution in [0.3, 0.4) is 0 Å². The SMILES string of the molecule is CCOc1ccc(CCNC(=O)C2CC2)cc1. The van der Waals surface area contributed by atoms with E-state index in [1.807, 2.05) is 31.2 Å². The first kappa shape index (κ1) is 12.0. The molecule has 1 aliphatic carbocycles. The first-order valence-electron chi connectivity index (χ1n) is 6.29. The lowest BCUT2D eigenvalue weighted by atomic mass is 10.1. The summed E-state index contributed by atoms with van der Waals surface area (Å²) in [4.78, 5) is 11.4. The van der Waals surface area contributed by atoms with Crippen LogP contribution in [0.15, 0.2) is 24.3 Å². The topological polar surface area (TPSA) is 38.3 Å². The molecule has 1 aliphatic rings. The molecule has 92 valence electrons. The van der Waals surface area contributed by atoms with E-state index in [4.69, 9.17) is 4.74 Å². The highest BCUT2D eigenvalue weighted by Crippen LogP contribution is 2.28. The lowest BCUT2D eigenvalue weighted by Gasteiger charge is -2.06. The normalized spacial score (nSPS) is 14.4. The fraction of sp³-hybridized carbons (Fsp3) is 0.500. The smallest absolute Gasteiger partial charge is 0.223 e. The fourth-order valence-electron chi connectivity index (χ4n) is 1.74. The summed E-state index contributed by atoms with van der Waals surface area (Å²) in [7, 11) is 0. The molecule has 2 rings (SSSR count). The van der Waals surface area contributed by atoms with E-state index >= 15 is 0 Å². The Balaban J connectivity index is 1.72. The van der Waals surface area contributed by atoms with Gasteiger partial charge in [0.1, 0.15) is 5.75 Å². The van der Waals surface area contributed by atoms with Gasteiger partial charge in [0.15, 0.2) is 0 Å². The van der Waals surface area contributed by atoms with Crippen LogP contribution in [0.2, 0.25) is 0 Å². The third-order valence-corrected chi connectivity index (χ3v) is 2.90. The van der Waals surface area contributed by atoms with Crippen molar-refractivity contribution in [3.63, 3.8) is 0 Å². The van der Waals surface area contributed by atoms with Crippen LogP contribution in [-0.4, -0.2) is 19.1 Å². The van der Waals surface area contributed by atoms with Crippen LogP contribution >= 0.6 is 0 Å². The molecule has 0 bridgehead atoms. The van der Waals surface area contributed by atoms with Gasteiger partial charge in [0.05, 0.1) is 6.61 Å². The molecule has 0 aliphatic heterocycles. The number of amides is 1. The van der Waals surface area contributed by atoms with Gasteiger partial charge in [-0.2, -0.15) is 0 Å². The Kier molecular flexibility index (Phi) is 4.02. The van der Waals surface area contributed by atoms with E-state index in [-0.39, 0.29) is 5.91 Å². The number of carbonyl (C=O) groups excluding carboxylic acids is 1. The van der Waals surface area contributed by atoms with Crippen LogP contribution in [-0.2, 0) is 11.2 Å². The quantitative estimate of drug-likeness (QED) is 0.817. The van der Waals surface area contributed by atoms with Gasteiger partial charge in [-0.1, -0.05) is 12.1 Å². The maximum absolute atomic E-state index is 11.4. The Morgan fingerprint density at radius 3 is 2.65 bits per heavy atom. The van der Waals surface area contributed by atoms with E-state index in [0.717, 1.165) is 31.6 Å². The highest BCUT2D eigenvalue weighted by molar-refractivity contribution is 5.80. The predicted molar refractivity (Wildman–Crippen MR) is 67.0 cm³/mol. The molecule has 1 aromatic rings. The van der Waals surface area contributed by atoms with E-state index in [9.17, 15) is 4.79 Å². The second-order valence-corrected chi connectivity index (χ2v) is 4.39. The van der Waals surface area contributed by atoms with Crippen LogP contribution < -0.4 is 10.1 Å². The van der Waals surface area contributed by atoms with E-state index in [2.05, 4.69) is 5.32 Å². The summed E-state index contributed by atoms with van der Waals surface area (Å²) < 4.78 is 5.37. The van der Waals surface area contributed by atoms with E-state index < -0.39 is 0 Å². The average molecular weight is 233 g/mol. The van der Waals surface area contributed by atoms with Crippen molar-refractivity contribution in [2.75, 3.05) is 13.2 Å².